The molecule has 1 aromatic heterocycles. The van der Waals surface area contributed by atoms with Gasteiger partial charge in [-0.15, -0.1) is 0 Å². The average molecular weight is 278 g/mol. The quantitative estimate of drug-likeness (QED) is 0.873. The summed E-state index contributed by atoms with van der Waals surface area (Å²) in [6.07, 6.45) is 2.14. The van der Waals surface area contributed by atoms with Gasteiger partial charge in [0.25, 0.3) is 5.91 Å². The van der Waals surface area contributed by atoms with E-state index in [9.17, 15) is 9.59 Å². The van der Waals surface area contributed by atoms with E-state index < -0.39 is 5.97 Å². The summed E-state index contributed by atoms with van der Waals surface area (Å²) in [5, 5.41) is 9.13. The van der Waals surface area contributed by atoms with E-state index in [2.05, 4.69) is 18.8 Å². The van der Waals surface area contributed by atoms with Crippen LogP contribution in [0, 0.1) is 19.8 Å². The summed E-state index contributed by atoms with van der Waals surface area (Å²) in [4.78, 5) is 28.6. The van der Waals surface area contributed by atoms with Gasteiger partial charge < -0.3 is 15.0 Å². The standard InChI is InChI=1S/C15H22N2O3/c1-8-5-6-9(2)17(7-8)14(18)12-10(3)13(15(19)20)16-11(12)4/h8-9,16H,5-7H2,1-4H3,(H,19,20). The topological polar surface area (TPSA) is 73.4 Å². The molecule has 0 saturated carbocycles. The lowest BCUT2D eigenvalue weighted by Crippen LogP contribution is -2.45. The highest BCUT2D eigenvalue weighted by atomic mass is 16.4. The summed E-state index contributed by atoms with van der Waals surface area (Å²) in [7, 11) is 0. The Morgan fingerprint density at radius 3 is 2.45 bits per heavy atom. The highest BCUT2D eigenvalue weighted by molar-refractivity contribution is 6.01. The molecule has 0 aliphatic carbocycles. The average Bonchev–Trinajstić information content (AvgIpc) is 2.67. The highest BCUT2D eigenvalue weighted by Gasteiger charge is 2.31. The first-order valence-corrected chi connectivity index (χ1v) is 7.06. The molecule has 2 rings (SSSR count). The van der Waals surface area contributed by atoms with E-state index in [1.54, 1.807) is 13.8 Å². The number of carboxylic acid groups (broad SMARTS) is 1. The maximum absolute atomic E-state index is 12.7. The molecule has 0 bridgehead atoms. The summed E-state index contributed by atoms with van der Waals surface area (Å²) < 4.78 is 0. The molecule has 20 heavy (non-hydrogen) atoms. The van der Waals surface area contributed by atoms with Gasteiger partial charge in [-0.1, -0.05) is 6.92 Å². The summed E-state index contributed by atoms with van der Waals surface area (Å²) in [5.74, 6) is -0.582. The number of aromatic amines is 1. The van der Waals surface area contributed by atoms with Crippen LogP contribution < -0.4 is 0 Å². The van der Waals surface area contributed by atoms with Crippen molar-refractivity contribution in [1.29, 1.82) is 0 Å². The van der Waals surface area contributed by atoms with Gasteiger partial charge in [-0.2, -0.15) is 0 Å². The molecule has 0 radical (unpaired) electrons. The fraction of sp³-hybridized carbons (Fsp3) is 0.600. The lowest BCUT2D eigenvalue weighted by atomic mass is 9.94. The Bertz CT molecular complexity index is 548. The lowest BCUT2D eigenvalue weighted by Gasteiger charge is -2.37. The third-order valence-electron chi connectivity index (χ3n) is 4.24. The second-order valence-corrected chi connectivity index (χ2v) is 5.92. The minimum atomic E-state index is -1.02. The molecule has 5 heteroatoms. The second-order valence-electron chi connectivity index (χ2n) is 5.92. The Hall–Kier alpha value is -1.78. The molecule has 1 amide bonds. The number of carboxylic acids is 1. The van der Waals surface area contributed by atoms with Crippen molar-refractivity contribution >= 4 is 11.9 Å². The smallest absolute Gasteiger partial charge is 0.352 e. The number of aryl methyl sites for hydroxylation is 1. The normalized spacial score (nSPS) is 22.9. The molecule has 1 aromatic rings. The molecule has 5 nitrogen and oxygen atoms in total. The minimum Gasteiger partial charge on any atom is -0.477 e. The predicted octanol–water partition coefficient (Wildman–Crippen LogP) is 2.59. The number of aromatic nitrogens is 1. The number of hydrogen-bond acceptors (Lipinski definition) is 2. The van der Waals surface area contributed by atoms with E-state index in [4.69, 9.17) is 5.11 Å². The van der Waals surface area contributed by atoms with Gasteiger partial charge in [0, 0.05) is 18.3 Å². The van der Waals surface area contributed by atoms with Gasteiger partial charge in [0.1, 0.15) is 5.69 Å². The lowest BCUT2D eigenvalue weighted by molar-refractivity contribution is 0.0572. The zero-order chi connectivity index (χ0) is 15.0. The van der Waals surface area contributed by atoms with Gasteiger partial charge in [-0.05, 0) is 45.1 Å². The Balaban J connectivity index is 2.36. The second kappa shape index (κ2) is 5.31. The van der Waals surface area contributed by atoms with Crippen molar-refractivity contribution in [3.8, 4) is 0 Å². The summed E-state index contributed by atoms with van der Waals surface area (Å²) in [5.41, 5.74) is 1.80. The zero-order valence-corrected chi connectivity index (χ0v) is 12.5. The van der Waals surface area contributed by atoms with Crippen molar-refractivity contribution in [2.24, 2.45) is 5.92 Å². The summed E-state index contributed by atoms with van der Waals surface area (Å²) >= 11 is 0. The minimum absolute atomic E-state index is 0.0530. The highest BCUT2D eigenvalue weighted by Crippen LogP contribution is 2.26. The monoisotopic (exact) mass is 278 g/mol. The number of hydrogen-bond donors (Lipinski definition) is 2. The molecule has 0 spiro atoms. The Morgan fingerprint density at radius 2 is 1.90 bits per heavy atom. The number of nitrogens with zero attached hydrogens (tertiary/aromatic N) is 1. The van der Waals surface area contributed by atoms with Crippen molar-refractivity contribution in [2.75, 3.05) is 6.54 Å². The van der Waals surface area contributed by atoms with E-state index in [1.807, 2.05) is 4.90 Å². The maximum atomic E-state index is 12.7. The van der Waals surface area contributed by atoms with E-state index in [0.717, 1.165) is 19.4 Å². The number of amides is 1. The van der Waals surface area contributed by atoms with Crippen molar-refractivity contribution in [2.45, 2.75) is 46.6 Å². The van der Waals surface area contributed by atoms with E-state index >= 15 is 0 Å². The van der Waals surface area contributed by atoms with Gasteiger partial charge in [-0.3, -0.25) is 4.79 Å². The summed E-state index contributed by atoms with van der Waals surface area (Å²) in [6.45, 7) is 8.39. The van der Waals surface area contributed by atoms with Crippen LogP contribution in [-0.4, -0.2) is 39.5 Å². The van der Waals surface area contributed by atoms with Crippen LogP contribution in [0.3, 0.4) is 0 Å². The molecule has 1 saturated heterocycles. The molecule has 1 aliphatic heterocycles. The van der Waals surface area contributed by atoms with Crippen LogP contribution >= 0.6 is 0 Å². The number of rotatable bonds is 2. The van der Waals surface area contributed by atoms with E-state index in [-0.39, 0.29) is 17.6 Å². The fourth-order valence-corrected chi connectivity index (χ4v) is 3.00. The first-order valence-electron chi connectivity index (χ1n) is 7.06. The maximum Gasteiger partial charge on any atom is 0.352 e. The number of carbonyl (C=O) groups excluding carboxylic acids is 1. The largest absolute Gasteiger partial charge is 0.477 e. The molecule has 2 atom stereocenters. The summed E-state index contributed by atoms with van der Waals surface area (Å²) in [6, 6.07) is 0.209. The molecule has 1 fully saturated rings. The molecule has 1 aliphatic rings. The number of likely N-dealkylation sites (tertiary alicyclic amines) is 1. The molecule has 0 aromatic carbocycles. The van der Waals surface area contributed by atoms with Gasteiger partial charge in [0.15, 0.2) is 0 Å². The van der Waals surface area contributed by atoms with Crippen LogP contribution in [0.4, 0.5) is 0 Å². The van der Waals surface area contributed by atoms with Crippen LogP contribution in [0.25, 0.3) is 0 Å². The third kappa shape index (κ3) is 2.44. The van der Waals surface area contributed by atoms with E-state index in [1.165, 1.54) is 0 Å². The molecule has 110 valence electrons. The first kappa shape index (κ1) is 14.6. The Labute approximate surface area is 119 Å². The van der Waals surface area contributed by atoms with Gasteiger partial charge in [-0.25, -0.2) is 4.79 Å². The first-order chi connectivity index (χ1) is 9.32. The number of H-pyrrole nitrogens is 1. The van der Waals surface area contributed by atoms with Gasteiger partial charge in [0.2, 0.25) is 0 Å². The van der Waals surface area contributed by atoms with Crippen LogP contribution in [0.2, 0.25) is 0 Å². The number of piperidine rings is 1. The van der Waals surface area contributed by atoms with Crippen LogP contribution in [0.15, 0.2) is 0 Å². The molecule has 2 N–H and O–H groups in total. The Kier molecular flexibility index (Phi) is 3.88. The number of nitrogens with one attached hydrogen (secondary N) is 1. The van der Waals surface area contributed by atoms with Crippen molar-refractivity contribution in [3.63, 3.8) is 0 Å². The van der Waals surface area contributed by atoms with Crippen molar-refractivity contribution in [1.82, 2.24) is 9.88 Å². The number of carbonyl (C=O) groups is 2. The van der Waals surface area contributed by atoms with Crippen molar-refractivity contribution in [3.05, 3.63) is 22.5 Å². The molecular formula is C15H22N2O3. The van der Waals surface area contributed by atoms with Gasteiger partial charge >= 0.3 is 5.97 Å². The van der Waals surface area contributed by atoms with Gasteiger partial charge in [0.05, 0.1) is 5.56 Å². The Morgan fingerprint density at radius 1 is 1.25 bits per heavy atom. The molecule has 2 heterocycles. The van der Waals surface area contributed by atoms with E-state index in [0.29, 0.717) is 22.7 Å². The van der Waals surface area contributed by atoms with Crippen molar-refractivity contribution < 1.29 is 14.7 Å². The van der Waals surface area contributed by atoms with Crippen LogP contribution in [0.1, 0.15) is 58.8 Å². The SMILES string of the molecule is Cc1[nH]c(C(=O)O)c(C)c1C(=O)N1CC(C)CCC1C. The molecular weight excluding hydrogens is 256 g/mol. The van der Waals surface area contributed by atoms with Crippen LogP contribution in [0.5, 0.6) is 0 Å². The third-order valence-corrected chi connectivity index (χ3v) is 4.24. The fourth-order valence-electron chi connectivity index (χ4n) is 3.00. The number of aromatic carboxylic acids is 1. The zero-order valence-electron chi connectivity index (χ0n) is 12.5. The van der Waals surface area contributed by atoms with Crippen LogP contribution in [-0.2, 0) is 0 Å². The predicted molar refractivity (Wildman–Crippen MR) is 76.1 cm³/mol. The molecule has 2 unspecified atom stereocenters.